The van der Waals surface area contributed by atoms with E-state index in [0.29, 0.717) is 6.61 Å². The summed E-state index contributed by atoms with van der Waals surface area (Å²) >= 11 is 0. The highest BCUT2D eigenvalue weighted by Crippen LogP contribution is 2.31. The van der Waals surface area contributed by atoms with E-state index in [2.05, 4.69) is 42.8 Å². The Labute approximate surface area is 360 Å². The Morgan fingerprint density at radius 3 is 1.48 bits per heavy atom. The highest BCUT2D eigenvalue weighted by molar-refractivity contribution is 5.89. The summed E-state index contributed by atoms with van der Waals surface area (Å²) in [4.78, 5) is 47.4. The van der Waals surface area contributed by atoms with Gasteiger partial charge in [-0.1, -0.05) is 201 Å². The van der Waals surface area contributed by atoms with Crippen LogP contribution in [0.5, 0.6) is 0 Å². The van der Waals surface area contributed by atoms with Crippen LogP contribution in [-0.2, 0) is 19.1 Å². The summed E-state index contributed by atoms with van der Waals surface area (Å²) in [6.45, 7) is 12.4. The Hall–Kier alpha value is -1.63. The van der Waals surface area contributed by atoms with Crippen molar-refractivity contribution in [3.8, 4) is 0 Å². The molecule has 58 heavy (non-hydrogen) atoms. The van der Waals surface area contributed by atoms with Crippen molar-refractivity contribution in [3.63, 3.8) is 0 Å². The smallest absolute Gasteiger partial charge is 0.306 e. The second-order valence-electron chi connectivity index (χ2n) is 18.6. The van der Waals surface area contributed by atoms with Gasteiger partial charge in [0.2, 0.25) is 11.8 Å². The largest absolute Gasteiger partial charge is 0.466 e. The highest BCUT2D eigenvalue weighted by Gasteiger charge is 2.41. The third-order valence-corrected chi connectivity index (χ3v) is 13.6. The molecule has 0 bridgehead atoms. The quantitative estimate of drug-likeness (QED) is 0.0387. The van der Waals surface area contributed by atoms with E-state index in [-0.39, 0.29) is 48.6 Å². The predicted octanol–water partition coefficient (Wildman–Crippen LogP) is 13.6. The Balaban J connectivity index is 2.21. The number of nitrogens with one attached hydrogen (secondary N) is 1. The van der Waals surface area contributed by atoms with Crippen molar-refractivity contribution in [1.29, 1.82) is 0 Å². The second-order valence-corrected chi connectivity index (χ2v) is 18.6. The fraction of sp³-hybridized carbons (Fsp3) is 0.941. The van der Waals surface area contributed by atoms with Crippen molar-refractivity contribution >= 4 is 17.8 Å². The molecule has 1 aliphatic carbocycles. The first kappa shape index (κ1) is 52.5. The summed E-state index contributed by atoms with van der Waals surface area (Å²) in [5.41, 5.74) is 0. The number of carbonyl (C=O) groups is 3. The average molecular weight is 816 g/mol. The number of nitrogens with zero attached hydrogens (tertiary/aromatic N) is 2. The summed E-state index contributed by atoms with van der Waals surface area (Å²) in [7, 11) is 0. The normalized spacial score (nSPS) is 16.8. The Morgan fingerprint density at radius 1 is 0.569 bits per heavy atom. The molecule has 1 aliphatic heterocycles. The Kier molecular flexibility index (Phi) is 32.6. The molecular weight excluding hydrogens is 719 g/mol. The van der Waals surface area contributed by atoms with Crippen molar-refractivity contribution < 1.29 is 19.1 Å². The van der Waals surface area contributed by atoms with Crippen molar-refractivity contribution in [2.45, 2.75) is 277 Å². The molecule has 340 valence electrons. The fourth-order valence-electron chi connectivity index (χ4n) is 9.73. The molecule has 0 spiro atoms. The van der Waals surface area contributed by atoms with Gasteiger partial charge >= 0.3 is 5.97 Å². The van der Waals surface area contributed by atoms with Crippen LogP contribution in [0.4, 0.5) is 0 Å². The second kappa shape index (κ2) is 36.1. The average Bonchev–Trinajstić information content (AvgIpc) is 3.51. The third kappa shape index (κ3) is 24.6. The Bertz CT molecular complexity index is 990. The van der Waals surface area contributed by atoms with E-state index in [1.54, 1.807) is 0 Å². The van der Waals surface area contributed by atoms with Crippen molar-refractivity contribution in [2.75, 3.05) is 26.2 Å². The van der Waals surface area contributed by atoms with Gasteiger partial charge in [-0.05, 0) is 70.5 Å². The number of ether oxygens (including phenoxy) is 1. The highest BCUT2D eigenvalue weighted by atomic mass is 16.5. The van der Waals surface area contributed by atoms with Crippen LogP contribution in [0.15, 0.2) is 0 Å². The van der Waals surface area contributed by atoms with Gasteiger partial charge in [0.1, 0.15) is 6.04 Å². The molecule has 2 rings (SSSR count). The summed E-state index contributed by atoms with van der Waals surface area (Å²) in [5.74, 6) is -0.0742. The van der Waals surface area contributed by atoms with E-state index in [1.165, 1.54) is 141 Å². The standard InChI is InChI=1S/C51H97N3O4/c1-5-9-12-15-18-20-21-23-28-33-44-58-49(56)39-38-48(55)54(47(36-31-24-17-14-11-7-3)37-32-25-22-19-16-13-10-6-2)50(45-40-42-53(8-4)43-41-45)51(57)52-46-34-29-26-27-30-35-46/h45-47,50H,5-44H2,1-4H3,(H,52,57). The molecular formula is C51H97N3O4. The molecule has 0 radical (unpaired) electrons. The molecule has 2 fully saturated rings. The molecule has 2 aliphatic rings. The van der Waals surface area contributed by atoms with Gasteiger partial charge in [-0.2, -0.15) is 0 Å². The molecule has 1 saturated carbocycles. The van der Waals surface area contributed by atoms with Crippen LogP contribution in [0, 0.1) is 5.92 Å². The lowest BCUT2D eigenvalue weighted by Gasteiger charge is -2.44. The van der Waals surface area contributed by atoms with E-state index in [9.17, 15) is 14.4 Å². The minimum Gasteiger partial charge on any atom is -0.466 e. The number of likely N-dealkylation sites (tertiary alicyclic amines) is 1. The summed E-state index contributed by atoms with van der Waals surface area (Å²) in [6.07, 6.45) is 40.6. The van der Waals surface area contributed by atoms with Crippen LogP contribution >= 0.6 is 0 Å². The van der Waals surface area contributed by atoms with Crippen LogP contribution in [0.3, 0.4) is 0 Å². The van der Waals surface area contributed by atoms with E-state index in [1.807, 2.05) is 0 Å². The SMILES string of the molecule is CCCCCCCCCCCCOC(=O)CCC(=O)N(C(CCCCCCCC)CCCCCCCCCC)C(C(=O)NC1CCCCCC1)C1CCN(CC)CC1. The van der Waals surface area contributed by atoms with Gasteiger partial charge < -0.3 is 19.9 Å². The van der Waals surface area contributed by atoms with Gasteiger partial charge in [0, 0.05) is 18.5 Å². The third-order valence-electron chi connectivity index (χ3n) is 13.6. The molecule has 0 aromatic heterocycles. The van der Waals surface area contributed by atoms with Crippen LogP contribution in [0.2, 0.25) is 0 Å². The molecule has 0 aromatic rings. The zero-order valence-corrected chi connectivity index (χ0v) is 39.1. The first-order valence-electron chi connectivity index (χ1n) is 25.9. The molecule has 2 unspecified atom stereocenters. The number of amides is 2. The maximum Gasteiger partial charge on any atom is 0.306 e. The molecule has 1 saturated heterocycles. The summed E-state index contributed by atoms with van der Waals surface area (Å²) in [5, 5.41) is 3.55. The number of unbranched alkanes of at least 4 members (excludes halogenated alkanes) is 21. The maximum absolute atomic E-state index is 14.8. The van der Waals surface area contributed by atoms with E-state index in [4.69, 9.17) is 4.74 Å². The van der Waals surface area contributed by atoms with Gasteiger partial charge in [0.05, 0.1) is 13.0 Å². The van der Waals surface area contributed by atoms with Gasteiger partial charge in [-0.15, -0.1) is 0 Å². The van der Waals surface area contributed by atoms with E-state index < -0.39 is 6.04 Å². The lowest BCUT2D eigenvalue weighted by atomic mass is 9.85. The molecule has 0 aromatic carbocycles. The molecule has 7 heteroatoms. The van der Waals surface area contributed by atoms with Gasteiger partial charge in [-0.3, -0.25) is 14.4 Å². The molecule has 1 heterocycles. The van der Waals surface area contributed by atoms with Crippen molar-refractivity contribution in [1.82, 2.24) is 15.1 Å². The van der Waals surface area contributed by atoms with Crippen LogP contribution in [0.1, 0.15) is 259 Å². The molecule has 1 N–H and O–H groups in total. The lowest BCUT2D eigenvalue weighted by Crippen LogP contribution is -2.59. The topological polar surface area (TPSA) is 79.0 Å². The van der Waals surface area contributed by atoms with E-state index >= 15 is 0 Å². The number of carbonyl (C=O) groups excluding carboxylic acids is 3. The fourth-order valence-corrected chi connectivity index (χ4v) is 9.73. The van der Waals surface area contributed by atoms with Crippen LogP contribution in [-0.4, -0.2) is 72.0 Å². The number of rotatable bonds is 36. The summed E-state index contributed by atoms with van der Waals surface area (Å²) in [6, 6.07) is -0.261. The lowest BCUT2D eigenvalue weighted by molar-refractivity contribution is -0.151. The number of hydrogen-bond acceptors (Lipinski definition) is 5. The van der Waals surface area contributed by atoms with Gasteiger partial charge in [0.25, 0.3) is 0 Å². The molecule has 2 amide bonds. The Morgan fingerprint density at radius 2 is 1.02 bits per heavy atom. The minimum atomic E-state index is -0.475. The number of esters is 1. The van der Waals surface area contributed by atoms with Gasteiger partial charge in [0.15, 0.2) is 0 Å². The zero-order chi connectivity index (χ0) is 41.9. The first-order chi connectivity index (χ1) is 28.4. The maximum atomic E-state index is 14.8. The molecule has 2 atom stereocenters. The predicted molar refractivity (Wildman–Crippen MR) is 246 cm³/mol. The molecule has 7 nitrogen and oxygen atoms in total. The van der Waals surface area contributed by atoms with Gasteiger partial charge in [-0.25, -0.2) is 0 Å². The van der Waals surface area contributed by atoms with Crippen LogP contribution in [0.25, 0.3) is 0 Å². The summed E-state index contributed by atoms with van der Waals surface area (Å²) < 4.78 is 5.71. The first-order valence-corrected chi connectivity index (χ1v) is 25.9. The number of piperidine rings is 1. The monoisotopic (exact) mass is 816 g/mol. The minimum absolute atomic E-state index is 0.00891. The van der Waals surface area contributed by atoms with Crippen molar-refractivity contribution in [3.05, 3.63) is 0 Å². The zero-order valence-electron chi connectivity index (χ0n) is 39.1. The van der Waals surface area contributed by atoms with E-state index in [0.717, 1.165) is 96.7 Å². The number of hydrogen-bond donors (Lipinski definition) is 1. The van der Waals surface area contributed by atoms with Crippen molar-refractivity contribution in [2.24, 2.45) is 5.92 Å². The van der Waals surface area contributed by atoms with Crippen LogP contribution < -0.4 is 5.32 Å².